The van der Waals surface area contributed by atoms with Gasteiger partial charge in [0.05, 0.1) is 16.9 Å². The van der Waals surface area contributed by atoms with Crippen LogP contribution in [0.5, 0.6) is 0 Å². The number of hydrogen-bond acceptors (Lipinski definition) is 4. The molecule has 27 heavy (non-hydrogen) atoms. The number of aromatic amines is 1. The summed E-state index contributed by atoms with van der Waals surface area (Å²) in [5, 5.41) is 5.12. The Hall–Kier alpha value is -2.81. The predicted octanol–water partition coefficient (Wildman–Crippen LogP) is 1.53. The van der Waals surface area contributed by atoms with Gasteiger partial charge in [0.25, 0.3) is 10.0 Å². The van der Waals surface area contributed by atoms with Crippen molar-refractivity contribution in [2.24, 2.45) is 0 Å². The van der Waals surface area contributed by atoms with Crippen LogP contribution in [0.25, 0.3) is 0 Å². The van der Waals surface area contributed by atoms with E-state index in [1.165, 1.54) is 13.1 Å². The highest BCUT2D eigenvalue weighted by Crippen LogP contribution is 2.20. The molecule has 0 atom stereocenters. The molecule has 1 aromatic carbocycles. The number of aryl methyl sites for hydroxylation is 1. The molecule has 3 amide bonds. The van der Waals surface area contributed by atoms with E-state index < -0.39 is 21.6 Å². The Balaban J connectivity index is 2.18. The van der Waals surface area contributed by atoms with Gasteiger partial charge < -0.3 is 15.6 Å². The molecule has 0 radical (unpaired) electrons. The number of aromatic nitrogens is 1. The maximum absolute atomic E-state index is 12.4. The molecule has 1 heterocycles. The average Bonchev–Trinajstić information content (AvgIpc) is 3.11. The third-order valence-electron chi connectivity index (χ3n) is 4.08. The van der Waals surface area contributed by atoms with E-state index in [9.17, 15) is 18.0 Å². The second-order valence-corrected chi connectivity index (χ2v) is 8.37. The summed E-state index contributed by atoms with van der Waals surface area (Å²) in [5.41, 5.74) is 1.26. The highest BCUT2D eigenvalue weighted by Gasteiger charge is 2.24. The Bertz CT molecular complexity index is 934. The third kappa shape index (κ3) is 5.10. The molecule has 2 aromatic rings. The van der Waals surface area contributed by atoms with E-state index in [0.29, 0.717) is 11.1 Å². The molecule has 0 fully saturated rings. The van der Waals surface area contributed by atoms with Crippen LogP contribution in [0.15, 0.2) is 41.4 Å². The molecule has 0 spiro atoms. The quantitative estimate of drug-likeness (QED) is 0.596. The molecular weight excluding hydrogens is 368 g/mol. The lowest BCUT2D eigenvalue weighted by Gasteiger charge is -2.25. The van der Waals surface area contributed by atoms with Gasteiger partial charge >= 0.3 is 6.03 Å². The first-order chi connectivity index (χ1) is 12.5. The highest BCUT2D eigenvalue weighted by atomic mass is 32.2. The number of carbonyl (C=O) groups excluding carboxylic acids is 2. The van der Waals surface area contributed by atoms with Crippen LogP contribution >= 0.6 is 0 Å². The summed E-state index contributed by atoms with van der Waals surface area (Å²) >= 11 is 0. The molecule has 0 aliphatic heterocycles. The van der Waals surface area contributed by atoms with Gasteiger partial charge in [-0.05, 0) is 50.1 Å². The van der Waals surface area contributed by atoms with Crippen LogP contribution in [0.1, 0.15) is 30.7 Å². The minimum atomic E-state index is -4.03. The van der Waals surface area contributed by atoms with Gasteiger partial charge in [0.2, 0.25) is 5.91 Å². The largest absolute Gasteiger partial charge is 0.363 e. The summed E-state index contributed by atoms with van der Waals surface area (Å²) in [6, 6.07) is 7.60. The molecule has 0 saturated carbocycles. The SMILES string of the molecule is CNC(=O)NS(=O)(=O)c1cc(CC(=O)NC(C)(C)c2ccc[nH]2)ccc1C. The van der Waals surface area contributed by atoms with Gasteiger partial charge in [-0.25, -0.2) is 17.9 Å². The second kappa shape index (κ2) is 7.83. The van der Waals surface area contributed by atoms with Crippen LogP contribution < -0.4 is 15.4 Å². The van der Waals surface area contributed by atoms with E-state index in [-0.39, 0.29) is 17.2 Å². The summed E-state index contributed by atoms with van der Waals surface area (Å²) in [5.74, 6) is -0.249. The van der Waals surface area contributed by atoms with Gasteiger partial charge in [0.15, 0.2) is 0 Å². The van der Waals surface area contributed by atoms with Crippen molar-refractivity contribution >= 4 is 22.0 Å². The zero-order valence-electron chi connectivity index (χ0n) is 15.7. The molecule has 0 unspecified atom stereocenters. The Kier molecular flexibility index (Phi) is 5.94. The Labute approximate surface area is 158 Å². The van der Waals surface area contributed by atoms with Crippen LogP contribution in [0, 0.1) is 6.92 Å². The number of amides is 3. The average molecular weight is 392 g/mol. The summed E-state index contributed by atoms with van der Waals surface area (Å²) in [6.45, 7) is 5.36. The molecule has 0 aliphatic rings. The van der Waals surface area contributed by atoms with E-state index in [1.807, 2.05) is 30.7 Å². The monoisotopic (exact) mass is 392 g/mol. The first-order valence-electron chi connectivity index (χ1n) is 8.34. The fraction of sp³-hybridized carbons (Fsp3) is 0.333. The van der Waals surface area contributed by atoms with Crippen molar-refractivity contribution in [3.63, 3.8) is 0 Å². The topological polar surface area (TPSA) is 120 Å². The fourth-order valence-electron chi connectivity index (χ4n) is 2.64. The lowest BCUT2D eigenvalue weighted by atomic mass is 10.00. The number of nitrogens with one attached hydrogen (secondary N) is 4. The number of carbonyl (C=O) groups is 2. The minimum Gasteiger partial charge on any atom is -0.363 e. The predicted molar refractivity (Wildman–Crippen MR) is 102 cm³/mol. The highest BCUT2D eigenvalue weighted by molar-refractivity contribution is 7.90. The van der Waals surface area contributed by atoms with Crippen molar-refractivity contribution in [2.75, 3.05) is 7.05 Å². The Morgan fingerprint density at radius 3 is 2.48 bits per heavy atom. The lowest BCUT2D eigenvalue weighted by molar-refractivity contribution is -0.122. The zero-order chi connectivity index (χ0) is 20.2. The summed E-state index contributed by atoms with van der Waals surface area (Å²) in [4.78, 5) is 26.8. The number of urea groups is 1. The maximum atomic E-state index is 12.4. The van der Waals surface area contributed by atoms with Crippen molar-refractivity contribution in [3.8, 4) is 0 Å². The van der Waals surface area contributed by atoms with Crippen LogP contribution in [0.2, 0.25) is 0 Å². The van der Waals surface area contributed by atoms with Crippen LogP contribution in [-0.4, -0.2) is 32.4 Å². The lowest BCUT2D eigenvalue weighted by Crippen LogP contribution is -2.42. The van der Waals surface area contributed by atoms with Crippen LogP contribution in [-0.2, 0) is 26.8 Å². The molecular formula is C18H24N4O4S. The van der Waals surface area contributed by atoms with E-state index in [0.717, 1.165) is 5.69 Å². The van der Waals surface area contributed by atoms with E-state index in [2.05, 4.69) is 15.6 Å². The van der Waals surface area contributed by atoms with Crippen molar-refractivity contribution in [1.29, 1.82) is 0 Å². The molecule has 4 N–H and O–H groups in total. The van der Waals surface area contributed by atoms with Crippen molar-refractivity contribution in [2.45, 2.75) is 37.6 Å². The standard InChI is InChI=1S/C18H24N4O4S/c1-12-7-8-13(10-14(12)27(25,26)22-17(24)19-4)11-16(23)21-18(2,3)15-6-5-9-20-15/h5-10,20H,11H2,1-4H3,(H,21,23)(H2,19,22,24). The molecule has 1 aromatic heterocycles. The minimum absolute atomic E-state index is 0.00686. The van der Waals surface area contributed by atoms with Gasteiger partial charge in [-0.2, -0.15) is 0 Å². The van der Waals surface area contributed by atoms with Gasteiger partial charge in [-0.15, -0.1) is 0 Å². The zero-order valence-corrected chi connectivity index (χ0v) is 16.5. The van der Waals surface area contributed by atoms with Crippen molar-refractivity contribution in [1.82, 2.24) is 20.3 Å². The van der Waals surface area contributed by atoms with E-state index in [1.54, 1.807) is 25.3 Å². The second-order valence-electron chi connectivity index (χ2n) is 6.72. The van der Waals surface area contributed by atoms with Crippen molar-refractivity contribution in [3.05, 3.63) is 53.3 Å². The Morgan fingerprint density at radius 1 is 1.19 bits per heavy atom. The summed E-state index contributed by atoms with van der Waals surface area (Å²) in [7, 11) is -2.71. The number of hydrogen-bond donors (Lipinski definition) is 4. The fourth-order valence-corrected chi connectivity index (χ4v) is 3.89. The molecule has 2 rings (SSSR count). The number of sulfonamides is 1. The first-order valence-corrected chi connectivity index (χ1v) is 9.82. The van der Waals surface area contributed by atoms with Crippen LogP contribution in [0.4, 0.5) is 4.79 Å². The van der Waals surface area contributed by atoms with Gasteiger partial charge in [-0.1, -0.05) is 12.1 Å². The smallest absolute Gasteiger partial charge is 0.328 e. The van der Waals surface area contributed by atoms with Gasteiger partial charge in [0, 0.05) is 18.9 Å². The molecule has 0 saturated heterocycles. The Morgan fingerprint density at radius 2 is 1.89 bits per heavy atom. The molecule has 9 heteroatoms. The van der Waals surface area contributed by atoms with E-state index >= 15 is 0 Å². The first kappa shape index (κ1) is 20.5. The third-order valence-corrected chi connectivity index (χ3v) is 5.56. The molecule has 0 bridgehead atoms. The van der Waals surface area contributed by atoms with Gasteiger partial charge in [-0.3, -0.25) is 4.79 Å². The number of rotatable bonds is 6. The normalized spacial score (nSPS) is 11.7. The molecule has 146 valence electrons. The molecule has 0 aliphatic carbocycles. The van der Waals surface area contributed by atoms with E-state index in [4.69, 9.17) is 0 Å². The maximum Gasteiger partial charge on any atom is 0.328 e. The van der Waals surface area contributed by atoms with Crippen molar-refractivity contribution < 1.29 is 18.0 Å². The number of H-pyrrole nitrogens is 1. The van der Waals surface area contributed by atoms with Crippen LogP contribution in [0.3, 0.4) is 0 Å². The molecule has 8 nitrogen and oxygen atoms in total. The van der Waals surface area contributed by atoms with Gasteiger partial charge in [0.1, 0.15) is 0 Å². The number of benzene rings is 1. The summed E-state index contributed by atoms with van der Waals surface area (Å²) < 4.78 is 26.7. The summed E-state index contributed by atoms with van der Waals surface area (Å²) in [6.07, 6.45) is 1.78.